The molecule has 0 fully saturated rings. The monoisotopic (exact) mass is 287 g/mol. The summed E-state index contributed by atoms with van der Waals surface area (Å²) in [6.07, 6.45) is 1.39. The van der Waals surface area contributed by atoms with Crippen molar-refractivity contribution in [3.8, 4) is 11.1 Å². The van der Waals surface area contributed by atoms with Gasteiger partial charge in [-0.3, -0.25) is 19.1 Å². The number of nitro groups is 1. The second-order valence-corrected chi connectivity index (χ2v) is 5.80. The van der Waals surface area contributed by atoms with E-state index in [9.17, 15) is 19.1 Å². The molecule has 1 atom stereocenters. The predicted molar refractivity (Wildman–Crippen MR) is 74.3 cm³/mol. The van der Waals surface area contributed by atoms with Crippen LogP contribution in [-0.2, 0) is 10.8 Å². The van der Waals surface area contributed by atoms with Gasteiger partial charge in [0.05, 0.1) is 15.7 Å². The zero-order chi connectivity index (χ0) is 14.4. The van der Waals surface area contributed by atoms with Gasteiger partial charge in [0.15, 0.2) is 5.78 Å². The third kappa shape index (κ3) is 1.69. The molecule has 2 aromatic rings. The van der Waals surface area contributed by atoms with E-state index in [1.54, 1.807) is 24.3 Å². The average Bonchev–Trinajstić information content (AvgIpc) is 2.71. The van der Waals surface area contributed by atoms with Gasteiger partial charge < -0.3 is 0 Å². The van der Waals surface area contributed by atoms with Gasteiger partial charge in [-0.2, -0.15) is 0 Å². The second-order valence-electron chi connectivity index (χ2n) is 4.45. The molecule has 0 saturated carbocycles. The summed E-state index contributed by atoms with van der Waals surface area (Å²) >= 11 is 0. The number of ketones is 1. The number of hydrogen-bond acceptors (Lipinski definition) is 4. The van der Waals surface area contributed by atoms with Gasteiger partial charge in [-0.1, -0.05) is 24.3 Å². The smallest absolute Gasteiger partial charge is 0.286 e. The van der Waals surface area contributed by atoms with Gasteiger partial charge in [0.1, 0.15) is 4.90 Å². The number of carbonyl (C=O) groups is 1. The Bertz CT molecular complexity index is 798. The number of benzene rings is 2. The van der Waals surface area contributed by atoms with Gasteiger partial charge in [0, 0.05) is 23.4 Å². The normalized spacial score (nSPS) is 13.8. The second kappa shape index (κ2) is 4.35. The molecule has 5 nitrogen and oxygen atoms in total. The Labute approximate surface area is 116 Å². The molecule has 0 amide bonds. The largest absolute Gasteiger partial charge is 0.289 e. The van der Waals surface area contributed by atoms with Crippen LogP contribution in [0.2, 0.25) is 0 Å². The molecule has 0 aromatic heterocycles. The van der Waals surface area contributed by atoms with E-state index in [0.29, 0.717) is 16.7 Å². The minimum Gasteiger partial charge on any atom is -0.289 e. The highest BCUT2D eigenvalue weighted by molar-refractivity contribution is 7.84. The highest BCUT2D eigenvalue weighted by Crippen LogP contribution is 2.40. The van der Waals surface area contributed by atoms with Crippen molar-refractivity contribution in [1.29, 1.82) is 0 Å². The van der Waals surface area contributed by atoms with Gasteiger partial charge in [0.2, 0.25) is 0 Å². The van der Waals surface area contributed by atoms with Gasteiger partial charge in [-0.05, 0) is 17.2 Å². The minimum atomic E-state index is -1.49. The van der Waals surface area contributed by atoms with Crippen LogP contribution in [0.25, 0.3) is 11.1 Å². The first-order valence-corrected chi connectivity index (χ1v) is 7.36. The Morgan fingerprint density at radius 1 is 1.05 bits per heavy atom. The van der Waals surface area contributed by atoms with E-state index in [0.717, 1.165) is 5.56 Å². The molecule has 0 unspecified atom stereocenters. The Morgan fingerprint density at radius 2 is 1.70 bits per heavy atom. The van der Waals surface area contributed by atoms with Crippen LogP contribution < -0.4 is 0 Å². The fraction of sp³-hybridized carbons (Fsp3) is 0.0714. The van der Waals surface area contributed by atoms with Crippen molar-refractivity contribution in [1.82, 2.24) is 0 Å². The number of carbonyl (C=O) groups excluding carboxylic acids is 1. The van der Waals surface area contributed by atoms with Gasteiger partial charge >= 0.3 is 0 Å². The maximum atomic E-state index is 12.2. The zero-order valence-corrected chi connectivity index (χ0v) is 11.3. The third-order valence-electron chi connectivity index (χ3n) is 3.31. The van der Waals surface area contributed by atoms with Gasteiger partial charge in [-0.15, -0.1) is 0 Å². The molecule has 0 N–H and O–H groups in total. The van der Waals surface area contributed by atoms with Crippen LogP contribution in [0.4, 0.5) is 5.69 Å². The van der Waals surface area contributed by atoms with Crippen molar-refractivity contribution in [2.45, 2.75) is 4.90 Å². The highest BCUT2D eigenvalue weighted by atomic mass is 32.2. The maximum absolute atomic E-state index is 12.2. The van der Waals surface area contributed by atoms with Crippen LogP contribution in [0.15, 0.2) is 41.3 Å². The SMILES string of the molecule is C[S@@](=O)c1cc2c(cc1[N+](=O)[O-])C(=O)c1ccccc1-2. The van der Waals surface area contributed by atoms with Crippen LogP contribution >= 0.6 is 0 Å². The van der Waals surface area contributed by atoms with Crippen molar-refractivity contribution in [3.05, 3.63) is 57.6 Å². The summed E-state index contributed by atoms with van der Waals surface area (Å²) < 4.78 is 11.7. The lowest BCUT2D eigenvalue weighted by Gasteiger charge is -2.04. The Hall–Kier alpha value is -2.34. The lowest BCUT2D eigenvalue weighted by Crippen LogP contribution is -2.01. The molecule has 0 aliphatic heterocycles. The Balaban J connectivity index is 2.36. The summed E-state index contributed by atoms with van der Waals surface area (Å²) in [5, 5.41) is 11.1. The van der Waals surface area contributed by atoms with Crippen LogP contribution in [0, 0.1) is 10.1 Å². The fourth-order valence-corrected chi connectivity index (χ4v) is 3.12. The van der Waals surface area contributed by atoms with Crippen LogP contribution in [0.1, 0.15) is 15.9 Å². The van der Waals surface area contributed by atoms with E-state index < -0.39 is 15.7 Å². The standard InChI is InChI=1S/C14H9NO4S/c1-20(19)13-7-10-8-4-2-3-5-9(8)14(16)11(10)6-12(13)15(17)18/h2-7H,1H3/t20-/m1/s1. The summed E-state index contributed by atoms with van der Waals surface area (Å²) in [6, 6.07) is 9.74. The minimum absolute atomic E-state index is 0.137. The molecule has 1 aliphatic carbocycles. The van der Waals surface area contributed by atoms with E-state index in [2.05, 4.69) is 0 Å². The van der Waals surface area contributed by atoms with Crippen LogP contribution in [0.5, 0.6) is 0 Å². The number of nitrogens with zero attached hydrogens (tertiary/aromatic N) is 1. The number of fused-ring (bicyclic) bond motifs is 3. The van der Waals surface area contributed by atoms with Gasteiger partial charge in [0.25, 0.3) is 5.69 Å². The lowest BCUT2D eigenvalue weighted by molar-refractivity contribution is -0.387. The predicted octanol–water partition coefficient (Wildman–Crippen LogP) is 2.54. The van der Waals surface area contributed by atoms with E-state index in [1.165, 1.54) is 18.4 Å². The first-order chi connectivity index (χ1) is 9.50. The fourth-order valence-electron chi connectivity index (χ4n) is 2.41. The molecule has 0 spiro atoms. The van der Waals surface area contributed by atoms with Crippen molar-refractivity contribution in [2.75, 3.05) is 6.26 Å². The van der Waals surface area contributed by atoms with E-state index in [1.807, 2.05) is 0 Å². The molecule has 2 aromatic carbocycles. The molecule has 0 bridgehead atoms. The molecule has 1 aliphatic rings. The average molecular weight is 287 g/mol. The van der Waals surface area contributed by atoms with Crippen LogP contribution in [-0.4, -0.2) is 21.2 Å². The van der Waals surface area contributed by atoms with Crippen LogP contribution in [0.3, 0.4) is 0 Å². The first kappa shape index (κ1) is 12.7. The lowest BCUT2D eigenvalue weighted by atomic mass is 10.1. The van der Waals surface area contributed by atoms with Crippen molar-refractivity contribution in [3.63, 3.8) is 0 Å². The maximum Gasteiger partial charge on any atom is 0.286 e. The van der Waals surface area contributed by atoms with E-state index in [4.69, 9.17) is 0 Å². The molecular formula is C14H9NO4S. The summed E-state index contributed by atoms with van der Waals surface area (Å²) in [7, 11) is -1.49. The van der Waals surface area contributed by atoms with Crippen molar-refractivity contribution in [2.24, 2.45) is 0 Å². The summed E-state index contributed by atoms with van der Waals surface area (Å²) in [6.45, 7) is 0. The molecular weight excluding hydrogens is 278 g/mol. The third-order valence-corrected chi connectivity index (χ3v) is 4.26. The number of hydrogen-bond donors (Lipinski definition) is 0. The topological polar surface area (TPSA) is 77.3 Å². The summed E-state index contributed by atoms with van der Waals surface area (Å²) in [5.74, 6) is -0.230. The molecule has 0 radical (unpaired) electrons. The zero-order valence-electron chi connectivity index (χ0n) is 10.5. The number of nitro benzene ring substituents is 1. The Kier molecular flexibility index (Phi) is 2.76. The van der Waals surface area contributed by atoms with E-state index in [-0.39, 0.29) is 16.4 Å². The Morgan fingerprint density at radius 3 is 2.30 bits per heavy atom. The molecule has 0 heterocycles. The summed E-state index contributed by atoms with van der Waals surface area (Å²) in [4.78, 5) is 22.8. The molecule has 20 heavy (non-hydrogen) atoms. The molecule has 100 valence electrons. The summed E-state index contributed by atoms with van der Waals surface area (Å²) in [5.41, 5.74) is 1.89. The highest BCUT2D eigenvalue weighted by Gasteiger charge is 2.31. The molecule has 6 heteroatoms. The number of rotatable bonds is 2. The quantitative estimate of drug-likeness (QED) is 0.536. The van der Waals surface area contributed by atoms with Crippen molar-refractivity contribution < 1.29 is 13.9 Å². The van der Waals surface area contributed by atoms with E-state index >= 15 is 0 Å². The molecule has 0 saturated heterocycles. The molecule has 3 rings (SSSR count). The van der Waals surface area contributed by atoms with Crippen molar-refractivity contribution >= 4 is 22.3 Å². The van der Waals surface area contributed by atoms with Gasteiger partial charge in [-0.25, -0.2) is 0 Å². The first-order valence-electron chi connectivity index (χ1n) is 5.80.